The Morgan fingerprint density at radius 1 is 1.07 bits per heavy atom. The summed E-state index contributed by atoms with van der Waals surface area (Å²) in [7, 11) is 1.56. The zero-order chi connectivity index (χ0) is 19.4. The third kappa shape index (κ3) is 3.88. The summed E-state index contributed by atoms with van der Waals surface area (Å²) in [4.78, 5) is 26.2. The monoisotopic (exact) mass is 370 g/mol. The molecule has 0 saturated carbocycles. The van der Waals surface area contributed by atoms with Crippen molar-refractivity contribution in [2.75, 3.05) is 20.3 Å². The molecule has 0 spiro atoms. The maximum atomic E-state index is 12.9. The molecular weight excluding hydrogens is 348 g/mol. The first kappa shape index (κ1) is 18.7. The average molecular weight is 370 g/mol. The molecule has 27 heavy (non-hydrogen) atoms. The summed E-state index contributed by atoms with van der Waals surface area (Å²) in [6.07, 6.45) is -1.00. The molecule has 0 radical (unpaired) electrons. The first-order valence-electron chi connectivity index (χ1n) is 8.58. The quantitative estimate of drug-likeness (QED) is 0.727. The number of ether oxygens (including phenoxy) is 2. The van der Waals surface area contributed by atoms with Crippen molar-refractivity contribution in [3.8, 4) is 11.5 Å². The van der Waals surface area contributed by atoms with E-state index in [1.165, 1.54) is 0 Å². The number of hydrogen-bond donors (Lipinski definition) is 2. The number of nitrogens with zero attached hydrogens (tertiary/aromatic N) is 1. The maximum absolute atomic E-state index is 12.9. The standard InChI is InChI=1S/C20H22N2O5/c1-20(14-8-10-16(26-2)11-9-14)18(24)22(19(25)21-20)12-15(23)13-27-17-6-4-3-5-7-17/h3-11,15,23H,12-13H2,1-2H3,(H,21,25)/t15-,20+/m0/s1. The Hall–Kier alpha value is -3.06. The van der Waals surface area contributed by atoms with Crippen LogP contribution in [0.1, 0.15) is 12.5 Å². The number of carbonyl (C=O) groups excluding carboxylic acids is 2. The number of aliphatic hydroxyl groups excluding tert-OH is 1. The molecule has 3 rings (SSSR count). The number of nitrogens with one attached hydrogen (secondary N) is 1. The van der Waals surface area contributed by atoms with Crippen molar-refractivity contribution >= 4 is 11.9 Å². The Balaban J connectivity index is 1.66. The molecule has 1 aliphatic rings. The van der Waals surface area contributed by atoms with Crippen LogP contribution in [-0.2, 0) is 10.3 Å². The molecule has 2 aromatic rings. The van der Waals surface area contributed by atoms with Gasteiger partial charge in [-0.05, 0) is 36.8 Å². The van der Waals surface area contributed by atoms with E-state index in [9.17, 15) is 14.7 Å². The SMILES string of the molecule is COc1ccc([C@@]2(C)NC(=O)N(C[C@H](O)COc3ccccc3)C2=O)cc1. The third-order valence-corrected chi connectivity index (χ3v) is 4.52. The summed E-state index contributed by atoms with van der Waals surface area (Å²) >= 11 is 0. The molecule has 0 unspecified atom stereocenters. The minimum Gasteiger partial charge on any atom is -0.497 e. The number of hydrogen-bond acceptors (Lipinski definition) is 5. The Morgan fingerprint density at radius 2 is 1.74 bits per heavy atom. The van der Waals surface area contributed by atoms with E-state index in [1.54, 1.807) is 50.4 Å². The predicted molar refractivity (Wildman–Crippen MR) is 98.5 cm³/mol. The van der Waals surface area contributed by atoms with Crippen molar-refractivity contribution in [2.24, 2.45) is 0 Å². The highest BCUT2D eigenvalue weighted by atomic mass is 16.5. The summed E-state index contributed by atoms with van der Waals surface area (Å²) in [5.41, 5.74) is -0.553. The number of β-amino-alcohol motifs (C(OH)–C–C–N with tert-alkyl or cyclic N) is 1. The summed E-state index contributed by atoms with van der Waals surface area (Å²) in [6.45, 7) is 1.46. The van der Waals surface area contributed by atoms with Crippen molar-refractivity contribution in [1.29, 1.82) is 0 Å². The van der Waals surface area contributed by atoms with Crippen LogP contribution in [-0.4, -0.2) is 48.3 Å². The number of carbonyl (C=O) groups is 2. The molecule has 0 aromatic heterocycles. The van der Waals surface area contributed by atoms with Gasteiger partial charge in [-0.2, -0.15) is 0 Å². The Kier molecular flexibility index (Phi) is 5.32. The van der Waals surface area contributed by atoms with Crippen LogP contribution in [0, 0.1) is 0 Å². The second-order valence-electron chi connectivity index (χ2n) is 6.48. The molecule has 0 aliphatic carbocycles. The lowest BCUT2D eigenvalue weighted by Crippen LogP contribution is -2.42. The lowest BCUT2D eigenvalue weighted by Gasteiger charge is -2.23. The van der Waals surface area contributed by atoms with E-state index in [0.29, 0.717) is 17.1 Å². The van der Waals surface area contributed by atoms with E-state index in [-0.39, 0.29) is 13.2 Å². The second-order valence-corrected chi connectivity index (χ2v) is 6.48. The molecule has 2 N–H and O–H groups in total. The van der Waals surface area contributed by atoms with Gasteiger partial charge in [0.1, 0.15) is 29.7 Å². The fourth-order valence-electron chi connectivity index (χ4n) is 2.96. The molecule has 1 heterocycles. The molecule has 142 valence electrons. The molecule has 1 aliphatic heterocycles. The summed E-state index contributed by atoms with van der Waals surface area (Å²) in [6, 6.07) is 15.4. The molecular formula is C20H22N2O5. The van der Waals surface area contributed by atoms with Gasteiger partial charge in [0.15, 0.2) is 0 Å². The zero-order valence-electron chi connectivity index (χ0n) is 15.2. The van der Waals surface area contributed by atoms with Crippen LogP contribution in [0.3, 0.4) is 0 Å². The molecule has 3 amide bonds. The highest BCUT2D eigenvalue weighted by molar-refractivity contribution is 6.07. The minimum atomic E-state index is -1.19. The first-order valence-corrected chi connectivity index (χ1v) is 8.58. The van der Waals surface area contributed by atoms with E-state index in [4.69, 9.17) is 9.47 Å². The van der Waals surface area contributed by atoms with Gasteiger partial charge < -0.3 is 19.9 Å². The van der Waals surface area contributed by atoms with Crippen LogP contribution in [0.25, 0.3) is 0 Å². The van der Waals surface area contributed by atoms with Crippen LogP contribution in [0.5, 0.6) is 11.5 Å². The molecule has 1 saturated heterocycles. The molecule has 2 atom stereocenters. The molecule has 0 bridgehead atoms. The lowest BCUT2D eigenvalue weighted by atomic mass is 9.92. The summed E-state index contributed by atoms with van der Waals surface area (Å²) in [5, 5.41) is 12.9. The minimum absolute atomic E-state index is 0.0275. The Bertz CT molecular complexity index is 809. The Morgan fingerprint density at radius 3 is 2.37 bits per heavy atom. The molecule has 2 aromatic carbocycles. The van der Waals surface area contributed by atoms with Crippen molar-refractivity contribution in [1.82, 2.24) is 10.2 Å². The van der Waals surface area contributed by atoms with Crippen LogP contribution in [0.2, 0.25) is 0 Å². The Labute approximate surface area is 157 Å². The first-order chi connectivity index (χ1) is 12.9. The van der Waals surface area contributed by atoms with E-state index in [0.717, 1.165) is 4.90 Å². The maximum Gasteiger partial charge on any atom is 0.325 e. The predicted octanol–water partition coefficient (Wildman–Crippen LogP) is 1.90. The van der Waals surface area contributed by atoms with Gasteiger partial charge in [0, 0.05) is 0 Å². The summed E-state index contributed by atoms with van der Waals surface area (Å²) < 4.78 is 10.6. The smallest absolute Gasteiger partial charge is 0.325 e. The van der Waals surface area contributed by atoms with Crippen molar-refractivity contribution in [3.63, 3.8) is 0 Å². The molecule has 7 nitrogen and oxygen atoms in total. The summed E-state index contributed by atoms with van der Waals surface area (Å²) in [5.74, 6) is 0.845. The largest absolute Gasteiger partial charge is 0.497 e. The van der Waals surface area contributed by atoms with Crippen molar-refractivity contribution in [2.45, 2.75) is 18.6 Å². The second kappa shape index (κ2) is 7.67. The number of para-hydroxylation sites is 1. The van der Waals surface area contributed by atoms with Gasteiger partial charge in [-0.15, -0.1) is 0 Å². The lowest BCUT2D eigenvalue weighted by molar-refractivity contribution is -0.132. The highest BCUT2D eigenvalue weighted by Gasteiger charge is 2.49. The van der Waals surface area contributed by atoms with Crippen LogP contribution in [0.15, 0.2) is 54.6 Å². The number of imide groups is 1. The highest BCUT2D eigenvalue weighted by Crippen LogP contribution is 2.30. The average Bonchev–Trinajstić information content (AvgIpc) is 2.91. The number of amides is 3. The van der Waals surface area contributed by atoms with Gasteiger partial charge in [-0.3, -0.25) is 9.69 Å². The van der Waals surface area contributed by atoms with Gasteiger partial charge in [0.05, 0.1) is 13.7 Å². The number of urea groups is 1. The number of rotatable bonds is 7. The number of aliphatic hydroxyl groups is 1. The van der Waals surface area contributed by atoms with Gasteiger partial charge >= 0.3 is 6.03 Å². The normalized spacial score (nSPS) is 20.3. The van der Waals surface area contributed by atoms with E-state index in [1.807, 2.05) is 18.2 Å². The zero-order valence-corrected chi connectivity index (χ0v) is 15.2. The van der Waals surface area contributed by atoms with Crippen LogP contribution in [0.4, 0.5) is 4.79 Å². The van der Waals surface area contributed by atoms with Gasteiger partial charge in [0.2, 0.25) is 0 Å². The number of benzene rings is 2. The molecule has 7 heteroatoms. The fourth-order valence-corrected chi connectivity index (χ4v) is 2.96. The third-order valence-electron chi connectivity index (χ3n) is 4.52. The molecule has 1 fully saturated rings. The van der Waals surface area contributed by atoms with Gasteiger partial charge in [0.25, 0.3) is 5.91 Å². The van der Waals surface area contributed by atoms with Crippen LogP contribution < -0.4 is 14.8 Å². The van der Waals surface area contributed by atoms with E-state index >= 15 is 0 Å². The number of methoxy groups -OCH3 is 1. The van der Waals surface area contributed by atoms with Crippen molar-refractivity contribution < 1.29 is 24.2 Å². The van der Waals surface area contributed by atoms with Gasteiger partial charge in [-0.1, -0.05) is 30.3 Å². The van der Waals surface area contributed by atoms with E-state index in [2.05, 4.69) is 5.32 Å². The van der Waals surface area contributed by atoms with Crippen LogP contribution >= 0.6 is 0 Å². The topological polar surface area (TPSA) is 88.1 Å². The van der Waals surface area contributed by atoms with E-state index < -0.39 is 23.6 Å². The van der Waals surface area contributed by atoms with Gasteiger partial charge in [-0.25, -0.2) is 4.79 Å². The van der Waals surface area contributed by atoms with Crippen molar-refractivity contribution in [3.05, 3.63) is 60.2 Å². The fraction of sp³-hybridized carbons (Fsp3) is 0.300.